The van der Waals surface area contributed by atoms with Gasteiger partial charge in [0.15, 0.2) is 0 Å². The van der Waals surface area contributed by atoms with Crippen molar-refractivity contribution in [2.24, 2.45) is 0 Å². The second-order valence-electron chi connectivity index (χ2n) is 7.32. The van der Waals surface area contributed by atoms with E-state index in [2.05, 4.69) is 11.4 Å². The fraction of sp³-hybridized carbons (Fsp3) is 0.381. The highest BCUT2D eigenvalue weighted by molar-refractivity contribution is 7.92. The third-order valence-electron chi connectivity index (χ3n) is 5.18. The SMILES string of the molecule is Cc1ccc(Cl)cc1N([C@H](C)C(=O)N[C@H]1CCCc2ccccc21)S(C)(=O)=O. The minimum absolute atomic E-state index is 0.109. The summed E-state index contributed by atoms with van der Waals surface area (Å²) in [5.41, 5.74) is 3.50. The number of carbonyl (C=O) groups is 1. The highest BCUT2D eigenvalue weighted by atomic mass is 35.5. The molecule has 0 saturated carbocycles. The van der Waals surface area contributed by atoms with Gasteiger partial charge in [-0.3, -0.25) is 9.10 Å². The molecule has 2 aromatic rings. The Balaban J connectivity index is 1.89. The van der Waals surface area contributed by atoms with E-state index < -0.39 is 16.1 Å². The van der Waals surface area contributed by atoms with Crippen LogP contribution in [0.15, 0.2) is 42.5 Å². The molecule has 0 unspecified atom stereocenters. The van der Waals surface area contributed by atoms with Crippen molar-refractivity contribution in [2.45, 2.75) is 45.2 Å². The van der Waals surface area contributed by atoms with E-state index in [-0.39, 0.29) is 11.9 Å². The molecule has 2 atom stereocenters. The second kappa shape index (κ2) is 8.13. The van der Waals surface area contributed by atoms with Crippen molar-refractivity contribution in [3.8, 4) is 0 Å². The lowest BCUT2D eigenvalue weighted by Gasteiger charge is -2.32. The van der Waals surface area contributed by atoms with Crippen LogP contribution in [-0.4, -0.2) is 26.6 Å². The van der Waals surface area contributed by atoms with Crippen LogP contribution in [-0.2, 0) is 21.2 Å². The molecule has 0 radical (unpaired) electrons. The van der Waals surface area contributed by atoms with Gasteiger partial charge in [-0.25, -0.2) is 8.42 Å². The smallest absolute Gasteiger partial charge is 0.244 e. The maximum atomic E-state index is 13.0. The van der Waals surface area contributed by atoms with Crippen LogP contribution in [0.25, 0.3) is 0 Å². The molecular weight excluding hydrogens is 396 g/mol. The van der Waals surface area contributed by atoms with Crippen molar-refractivity contribution in [3.05, 3.63) is 64.2 Å². The number of hydrogen-bond acceptors (Lipinski definition) is 3. The Morgan fingerprint density at radius 2 is 1.96 bits per heavy atom. The van der Waals surface area contributed by atoms with Crippen LogP contribution in [0.2, 0.25) is 5.02 Å². The largest absolute Gasteiger partial charge is 0.347 e. The Labute approximate surface area is 171 Å². The van der Waals surface area contributed by atoms with Crippen molar-refractivity contribution >= 4 is 33.2 Å². The summed E-state index contributed by atoms with van der Waals surface area (Å²) in [6, 6.07) is 12.1. The molecule has 0 heterocycles. The molecule has 1 amide bonds. The summed E-state index contributed by atoms with van der Waals surface area (Å²) in [6.07, 6.45) is 3.92. The van der Waals surface area contributed by atoms with E-state index in [1.54, 1.807) is 32.0 Å². The zero-order valence-electron chi connectivity index (χ0n) is 16.3. The zero-order valence-corrected chi connectivity index (χ0v) is 17.8. The maximum absolute atomic E-state index is 13.0. The van der Waals surface area contributed by atoms with Gasteiger partial charge < -0.3 is 5.32 Å². The molecule has 150 valence electrons. The first-order valence-electron chi connectivity index (χ1n) is 9.32. The molecule has 3 rings (SSSR count). The van der Waals surface area contributed by atoms with E-state index in [0.717, 1.165) is 41.0 Å². The number of benzene rings is 2. The molecule has 1 aliphatic rings. The van der Waals surface area contributed by atoms with E-state index in [0.29, 0.717) is 10.7 Å². The van der Waals surface area contributed by atoms with Gasteiger partial charge in [-0.05, 0) is 61.9 Å². The van der Waals surface area contributed by atoms with Gasteiger partial charge in [0.25, 0.3) is 0 Å². The average molecular weight is 421 g/mol. The van der Waals surface area contributed by atoms with Crippen LogP contribution in [0.1, 0.15) is 42.5 Å². The molecule has 0 aromatic heterocycles. The summed E-state index contributed by atoms with van der Waals surface area (Å²) >= 11 is 6.09. The molecule has 1 N–H and O–H groups in total. The third kappa shape index (κ3) is 4.33. The molecule has 0 bridgehead atoms. The van der Waals surface area contributed by atoms with Crippen LogP contribution < -0.4 is 9.62 Å². The Morgan fingerprint density at radius 1 is 1.25 bits per heavy atom. The molecule has 0 fully saturated rings. The summed E-state index contributed by atoms with van der Waals surface area (Å²) in [4.78, 5) is 13.0. The summed E-state index contributed by atoms with van der Waals surface area (Å²) < 4.78 is 26.2. The van der Waals surface area contributed by atoms with Crippen molar-refractivity contribution in [1.82, 2.24) is 5.32 Å². The van der Waals surface area contributed by atoms with Gasteiger partial charge in [0.1, 0.15) is 6.04 Å². The predicted octanol–water partition coefficient (Wildman–Crippen LogP) is 4.00. The number of halogens is 1. The number of aryl methyl sites for hydroxylation is 2. The maximum Gasteiger partial charge on any atom is 0.244 e. The van der Waals surface area contributed by atoms with E-state index in [1.807, 2.05) is 18.2 Å². The summed E-state index contributed by atoms with van der Waals surface area (Å²) in [7, 11) is -3.69. The summed E-state index contributed by atoms with van der Waals surface area (Å²) in [5, 5.41) is 3.47. The summed E-state index contributed by atoms with van der Waals surface area (Å²) in [5.74, 6) is -0.327. The van der Waals surface area contributed by atoms with E-state index in [9.17, 15) is 13.2 Å². The van der Waals surface area contributed by atoms with E-state index >= 15 is 0 Å². The molecule has 7 heteroatoms. The second-order valence-corrected chi connectivity index (χ2v) is 9.61. The average Bonchev–Trinajstić information content (AvgIpc) is 2.64. The van der Waals surface area contributed by atoms with Crippen molar-refractivity contribution < 1.29 is 13.2 Å². The number of amides is 1. The quantitative estimate of drug-likeness (QED) is 0.795. The van der Waals surface area contributed by atoms with Crippen LogP contribution in [0, 0.1) is 6.92 Å². The number of nitrogens with one attached hydrogen (secondary N) is 1. The normalized spacial score (nSPS) is 17.5. The number of hydrogen-bond donors (Lipinski definition) is 1. The number of anilines is 1. The Bertz CT molecular complexity index is 991. The summed E-state index contributed by atoms with van der Waals surface area (Å²) in [6.45, 7) is 3.40. The predicted molar refractivity (Wildman–Crippen MR) is 113 cm³/mol. The Morgan fingerprint density at radius 3 is 2.68 bits per heavy atom. The molecule has 1 aliphatic carbocycles. The van der Waals surface area contributed by atoms with Gasteiger partial charge in [-0.15, -0.1) is 0 Å². The number of carbonyl (C=O) groups excluding carboxylic acids is 1. The lowest BCUT2D eigenvalue weighted by atomic mass is 9.87. The van der Waals surface area contributed by atoms with Gasteiger partial charge in [0.2, 0.25) is 15.9 Å². The van der Waals surface area contributed by atoms with Crippen LogP contribution >= 0.6 is 11.6 Å². The molecule has 28 heavy (non-hydrogen) atoms. The van der Waals surface area contributed by atoms with Gasteiger partial charge in [0, 0.05) is 5.02 Å². The van der Waals surface area contributed by atoms with Gasteiger partial charge in [-0.2, -0.15) is 0 Å². The minimum atomic E-state index is -3.69. The molecule has 5 nitrogen and oxygen atoms in total. The number of fused-ring (bicyclic) bond motifs is 1. The number of nitrogens with zero attached hydrogens (tertiary/aromatic N) is 1. The van der Waals surface area contributed by atoms with Crippen molar-refractivity contribution in [2.75, 3.05) is 10.6 Å². The molecule has 0 spiro atoms. The first-order chi connectivity index (χ1) is 13.2. The first kappa shape index (κ1) is 20.7. The Kier molecular flexibility index (Phi) is 6.01. The van der Waals surface area contributed by atoms with Crippen molar-refractivity contribution in [1.29, 1.82) is 0 Å². The number of sulfonamides is 1. The Hall–Kier alpha value is -2.05. The van der Waals surface area contributed by atoms with Crippen LogP contribution in [0.3, 0.4) is 0 Å². The minimum Gasteiger partial charge on any atom is -0.347 e. The van der Waals surface area contributed by atoms with Gasteiger partial charge in [-0.1, -0.05) is 41.9 Å². The monoisotopic (exact) mass is 420 g/mol. The van der Waals surface area contributed by atoms with E-state index in [4.69, 9.17) is 11.6 Å². The fourth-order valence-corrected chi connectivity index (χ4v) is 5.19. The molecule has 0 saturated heterocycles. The first-order valence-corrected chi connectivity index (χ1v) is 11.5. The topological polar surface area (TPSA) is 66.5 Å². The zero-order chi connectivity index (χ0) is 20.5. The molecule has 2 aromatic carbocycles. The lowest BCUT2D eigenvalue weighted by Crippen LogP contribution is -2.49. The third-order valence-corrected chi connectivity index (χ3v) is 6.65. The standard InChI is InChI=1S/C21H25ClN2O3S/c1-14-11-12-17(22)13-20(14)24(28(3,26)27)15(2)21(25)23-19-10-6-8-16-7-4-5-9-18(16)19/h4-5,7,9,11-13,15,19H,6,8,10H2,1-3H3,(H,23,25)/t15-,19+/m1/s1. The van der Waals surface area contributed by atoms with Crippen molar-refractivity contribution in [3.63, 3.8) is 0 Å². The highest BCUT2D eigenvalue weighted by Crippen LogP contribution is 2.31. The van der Waals surface area contributed by atoms with Crippen LogP contribution in [0.5, 0.6) is 0 Å². The number of rotatable bonds is 5. The van der Waals surface area contributed by atoms with E-state index in [1.165, 1.54) is 5.56 Å². The molecule has 0 aliphatic heterocycles. The fourth-order valence-electron chi connectivity index (χ4n) is 3.80. The van der Waals surface area contributed by atoms with Gasteiger partial charge in [0.05, 0.1) is 18.0 Å². The highest BCUT2D eigenvalue weighted by Gasteiger charge is 2.32. The van der Waals surface area contributed by atoms with Gasteiger partial charge >= 0.3 is 0 Å². The lowest BCUT2D eigenvalue weighted by molar-refractivity contribution is -0.122. The van der Waals surface area contributed by atoms with Crippen LogP contribution in [0.4, 0.5) is 5.69 Å². The molecular formula is C21H25ClN2O3S.